The van der Waals surface area contributed by atoms with E-state index in [4.69, 9.17) is 4.42 Å². The number of furan rings is 1. The zero-order valence-corrected chi connectivity index (χ0v) is 14.0. The minimum absolute atomic E-state index is 0.363. The Kier molecular flexibility index (Phi) is 5.52. The van der Waals surface area contributed by atoms with Gasteiger partial charge in [0.2, 0.25) is 0 Å². The molecule has 0 radical (unpaired) electrons. The maximum atomic E-state index is 5.78. The molecule has 2 saturated heterocycles. The number of nitrogens with zero attached hydrogens (tertiary/aromatic N) is 3. The summed E-state index contributed by atoms with van der Waals surface area (Å²) in [6, 6.07) is 5.18. The lowest BCUT2D eigenvalue weighted by atomic mass is 10.0. The zero-order valence-electron chi connectivity index (χ0n) is 14.0. The summed E-state index contributed by atoms with van der Waals surface area (Å²) in [7, 11) is 4.51. The van der Waals surface area contributed by atoms with E-state index in [-0.39, 0.29) is 0 Å². The summed E-state index contributed by atoms with van der Waals surface area (Å²) in [4.78, 5) is 7.56. The van der Waals surface area contributed by atoms with Gasteiger partial charge in [0.15, 0.2) is 0 Å². The molecule has 0 aromatic carbocycles. The third-order valence-electron chi connectivity index (χ3n) is 5.27. The molecule has 3 heterocycles. The Morgan fingerprint density at radius 1 is 1.27 bits per heavy atom. The molecule has 1 atom stereocenters. The van der Waals surface area contributed by atoms with Crippen LogP contribution in [0.1, 0.15) is 24.6 Å². The molecule has 22 heavy (non-hydrogen) atoms. The number of rotatable bonds is 5. The van der Waals surface area contributed by atoms with Gasteiger partial charge in [0.1, 0.15) is 5.76 Å². The van der Waals surface area contributed by atoms with Gasteiger partial charge in [-0.3, -0.25) is 9.80 Å². The van der Waals surface area contributed by atoms with E-state index in [1.807, 2.05) is 12.3 Å². The van der Waals surface area contributed by atoms with Crippen molar-refractivity contribution in [1.82, 2.24) is 20.0 Å². The summed E-state index contributed by atoms with van der Waals surface area (Å²) >= 11 is 0. The van der Waals surface area contributed by atoms with E-state index in [1.165, 1.54) is 25.9 Å². The average Bonchev–Trinajstić information content (AvgIpc) is 3.08. The Hall–Kier alpha value is -0.880. The number of likely N-dealkylation sites (tertiary alicyclic amines) is 1. The second-order valence-electron chi connectivity index (χ2n) is 6.78. The molecule has 0 saturated carbocycles. The third-order valence-corrected chi connectivity index (χ3v) is 5.27. The van der Waals surface area contributed by atoms with Gasteiger partial charge in [-0.25, -0.2) is 0 Å². The standard InChI is InChI=1S/C17H30N4O/c1-19-9-5-15(6-10-19)20(2)16(17-4-3-13-22-17)14-21-11-7-18-8-12-21/h3-4,13,15-16,18H,5-12,14H2,1-2H3. The second kappa shape index (κ2) is 7.59. The highest BCUT2D eigenvalue weighted by molar-refractivity contribution is 5.06. The first-order valence-corrected chi connectivity index (χ1v) is 8.61. The molecule has 3 rings (SSSR count). The van der Waals surface area contributed by atoms with Crippen LogP contribution in [0.15, 0.2) is 22.8 Å². The van der Waals surface area contributed by atoms with Crippen LogP contribution in [0.2, 0.25) is 0 Å². The minimum atomic E-state index is 0.363. The van der Waals surface area contributed by atoms with E-state index in [0.717, 1.165) is 38.5 Å². The maximum Gasteiger partial charge on any atom is 0.122 e. The summed E-state index contributed by atoms with van der Waals surface area (Å²) < 4.78 is 5.78. The molecule has 1 aromatic heterocycles. The van der Waals surface area contributed by atoms with Gasteiger partial charge in [-0.15, -0.1) is 0 Å². The number of nitrogens with one attached hydrogen (secondary N) is 1. The van der Waals surface area contributed by atoms with Crippen molar-refractivity contribution in [3.05, 3.63) is 24.2 Å². The van der Waals surface area contributed by atoms with E-state index in [9.17, 15) is 0 Å². The molecule has 1 unspecified atom stereocenters. The third kappa shape index (κ3) is 3.90. The Balaban J connectivity index is 1.67. The fourth-order valence-electron chi connectivity index (χ4n) is 3.70. The molecule has 2 aliphatic heterocycles. The van der Waals surface area contributed by atoms with Crippen LogP contribution < -0.4 is 5.32 Å². The van der Waals surface area contributed by atoms with Crippen molar-refractivity contribution in [2.45, 2.75) is 24.9 Å². The van der Waals surface area contributed by atoms with E-state index < -0.39 is 0 Å². The highest BCUT2D eigenvalue weighted by atomic mass is 16.3. The second-order valence-corrected chi connectivity index (χ2v) is 6.78. The van der Waals surface area contributed by atoms with Crippen LogP contribution in [-0.4, -0.2) is 80.7 Å². The predicted molar refractivity (Wildman–Crippen MR) is 89.0 cm³/mol. The average molecular weight is 306 g/mol. The van der Waals surface area contributed by atoms with Crippen LogP contribution in [0.5, 0.6) is 0 Å². The lowest BCUT2D eigenvalue weighted by Crippen LogP contribution is -2.49. The number of piperazine rings is 1. The van der Waals surface area contributed by atoms with Crippen LogP contribution in [0.4, 0.5) is 0 Å². The first kappa shape index (κ1) is 16.0. The predicted octanol–water partition coefficient (Wildman–Crippen LogP) is 1.25. The van der Waals surface area contributed by atoms with Gasteiger partial charge in [-0.2, -0.15) is 0 Å². The lowest BCUT2D eigenvalue weighted by Gasteiger charge is -2.41. The number of hydrogen-bond acceptors (Lipinski definition) is 5. The van der Waals surface area contributed by atoms with Crippen molar-refractivity contribution >= 4 is 0 Å². The minimum Gasteiger partial charge on any atom is -0.468 e. The fourth-order valence-corrected chi connectivity index (χ4v) is 3.70. The lowest BCUT2D eigenvalue weighted by molar-refractivity contribution is 0.0694. The summed E-state index contributed by atoms with van der Waals surface area (Å²) in [6.45, 7) is 7.95. The van der Waals surface area contributed by atoms with Gasteiger partial charge in [0.05, 0.1) is 12.3 Å². The summed E-state index contributed by atoms with van der Waals surface area (Å²) in [5, 5.41) is 3.44. The van der Waals surface area contributed by atoms with Crippen molar-refractivity contribution in [3.8, 4) is 0 Å². The monoisotopic (exact) mass is 306 g/mol. The summed E-state index contributed by atoms with van der Waals surface area (Å²) in [5.74, 6) is 1.11. The van der Waals surface area contributed by atoms with Crippen molar-refractivity contribution in [2.24, 2.45) is 0 Å². The highest BCUT2D eigenvalue weighted by Crippen LogP contribution is 2.27. The van der Waals surface area contributed by atoms with Gasteiger partial charge in [0, 0.05) is 38.8 Å². The molecule has 0 spiro atoms. The van der Waals surface area contributed by atoms with Gasteiger partial charge >= 0.3 is 0 Å². The molecule has 124 valence electrons. The van der Waals surface area contributed by atoms with Crippen molar-refractivity contribution < 1.29 is 4.42 Å². The molecule has 2 fully saturated rings. The fraction of sp³-hybridized carbons (Fsp3) is 0.765. The van der Waals surface area contributed by atoms with E-state index >= 15 is 0 Å². The molecule has 1 N–H and O–H groups in total. The molecule has 0 bridgehead atoms. The SMILES string of the molecule is CN1CCC(N(C)C(CN2CCNCC2)c2ccco2)CC1. The molecule has 0 aliphatic carbocycles. The van der Waals surface area contributed by atoms with Gasteiger partial charge in [-0.1, -0.05) is 0 Å². The highest BCUT2D eigenvalue weighted by Gasteiger charge is 2.30. The Bertz CT molecular complexity index is 422. The van der Waals surface area contributed by atoms with E-state index in [2.05, 4.69) is 40.2 Å². The first-order chi connectivity index (χ1) is 10.7. The molecular formula is C17H30N4O. The van der Waals surface area contributed by atoms with Crippen molar-refractivity contribution in [1.29, 1.82) is 0 Å². The molecule has 5 nitrogen and oxygen atoms in total. The summed E-state index contributed by atoms with van der Waals surface area (Å²) in [6.07, 6.45) is 4.32. The zero-order chi connectivity index (χ0) is 15.4. The topological polar surface area (TPSA) is 34.9 Å². The van der Waals surface area contributed by atoms with Crippen LogP contribution in [-0.2, 0) is 0 Å². The van der Waals surface area contributed by atoms with Crippen molar-refractivity contribution in [2.75, 3.05) is 59.9 Å². The van der Waals surface area contributed by atoms with Gasteiger partial charge in [0.25, 0.3) is 0 Å². The van der Waals surface area contributed by atoms with E-state index in [0.29, 0.717) is 12.1 Å². The Morgan fingerprint density at radius 2 is 2.00 bits per heavy atom. The van der Waals surface area contributed by atoms with Crippen molar-refractivity contribution in [3.63, 3.8) is 0 Å². The molecule has 5 heteroatoms. The van der Waals surface area contributed by atoms with Crippen LogP contribution in [0.3, 0.4) is 0 Å². The molecular weight excluding hydrogens is 276 g/mol. The first-order valence-electron chi connectivity index (χ1n) is 8.61. The van der Waals surface area contributed by atoms with Gasteiger partial charge < -0.3 is 14.6 Å². The number of hydrogen-bond donors (Lipinski definition) is 1. The van der Waals surface area contributed by atoms with E-state index in [1.54, 1.807) is 0 Å². The normalized spacial score (nSPS) is 24.0. The van der Waals surface area contributed by atoms with Crippen LogP contribution in [0, 0.1) is 0 Å². The Morgan fingerprint density at radius 3 is 2.64 bits per heavy atom. The molecule has 1 aromatic rings. The smallest absolute Gasteiger partial charge is 0.122 e. The van der Waals surface area contributed by atoms with Crippen LogP contribution >= 0.6 is 0 Å². The summed E-state index contributed by atoms with van der Waals surface area (Å²) in [5.41, 5.74) is 0. The van der Waals surface area contributed by atoms with Crippen LogP contribution in [0.25, 0.3) is 0 Å². The quantitative estimate of drug-likeness (QED) is 0.886. The number of likely N-dealkylation sites (N-methyl/N-ethyl adjacent to an activating group) is 1. The molecule has 2 aliphatic rings. The maximum absolute atomic E-state index is 5.78. The molecule has 0 amide bonds. The van der Waals surface area contributed by atoms with Gasteiger partial charge in [-0.05, 0) is 52.2 Å². The Labute approximate surface area is 134 Å². The largest absolute Gasteiger partial charge is 0.468 e. The number of piperidine rings is 1.